The molecule has 1 N–H and O–H groups in total. The average Bonchev–Trinajstić information content (AvgIpc) is 2.01. The second kappa shape index (κ2) is 3.14. The zero-order valence-corrected chi connectivity index (χ0v) is 8.55. The number of hydrogen-bond donors (Lipinski definition) is 1. The molecule has 0 fully saturated rings. The Labute approximate surface area is 78.4 Å². The van der Waals surface area contributed by atoms with E-state index in [1.807, 2.05) is 13.8 Å². The van der Waals surface area contributed by atoms with Crippen LogP contribution < -0.4 is 0 Å². The third kappa shape index (κ3) is 1.61. The lowest BCUT2D eigenvalue weighted by molar-refractivity contribution is -0.126. The molecule has 0 aromatic carbocycles. The largest absolute Gasteiger partial charge is 0.498 e. The Morgan fingerprint density at radius 2 is 2.08 bits per heavy atom. The lowest BCUT2D eigenvalue weighted by atomic mass is 9.74. The molecule has 0 saturated carbocycles. The Morgan fingerprint density at radius 3 is 2.54 bits per heavy atom. The van der Waals surface area contributed by atoms with Gasteiger partial charge in [0.15, 0.2) is 5.78 Å². The fourth-order valence-electron chi connectivity index (χ4n) is 1.83. The molecule has 0 aliphatic heterocycles. The molecular weight excluding hydrogens is 168 g/mol. The van der Waals surface area contributed by atoms with Crippen LogP contribution in [0.3, 0.4) is 0 Å². The summed E-state index contributed by atoms with van der Waals surface area (Å²) in [6.07, 6.45) is -0.204. The van der Waals surface area contributed by atoms with E-state index in [2.05, 4.69) is 0 Å². The highest BCUT2D eigenvalue weighted by atomic mass is 16.5. The van der Waals surface area contributed by atoms with Gasteiger partial charge in [0.2, 0.25) is 0 Å². The first kappa shape index (κ1) is 10.3. The Morgan fingerprint density at radius 1 is 1.54 bits per heavy atom. The minimum atomic E-state index is -0.641. The Bertz CT molecular complexity index is 263. The molecule has 1 rings (SSSR count). The summed E-state index contributed by atoms with van der Waals surface area (Å²) in [6, 6.07) is 0. The number of carbonyl (C=O) groups excluding carboxylic acids is 1. The summed E-state index contributed by atoms with van der Waals surface area (Å²) in [6.45, 7) is 5.38. The zero-order valence-electron chi connectivity index (χ0n) is 8.55. The summed E-state index contributed by atoms with van der Waals surface area (Å²) in [5, 5.41) is 9.66. The quantitative estimate of drug-likeness (QED) is 0.667. The van der Waals surface area contributed by atoms with Gasteiger partial charge in [0.1, 0.15) is 11.9 Å². The standard InChI is InChI=1S/C10H16O3/c1-6-8(13-4)7(11)5-10(2,3)9(6)12/h7,11H,5H2,1-4H3/t7-/m0/s1. The van der Waals surface area contributed by atoms with Crippen LogP contribution in [0.5, 0.6) is 0 Å². The minimum absolute atomic E-state index is 0.0645. The maximum absolute atomic E-state index is 11.7. The smallest absolute Gasteiger partial charge is 0.167 e. The molecule has 0 radical (unpaired) electrons. The maximum Gasteiger partial charge on any atom is 0.167 e. The number of rotatable bonds is 1. The van der Waals surface area contributed by atoms with Crippen molar-refractivity contribution in [3.8, 4) is 0 Å². The van der Waals surface area contributed by atoms with Crippen LogP contribution in [-0.4, -0.2) is 24.1 Å². The average molecular weight is 184 g/mol. The van der Waals surface area contributed by atoms with Crippen molar-refractivity contribution in [2.24, 2.45) is 5.41 Å². The van der Waals surface area contributed by atoms with Crippen molar-refractivity contribution >= 4 is 5.78 Å². The molecular formula is C10H16O3. The second-order valence-corrected chi connectivity index (χ2v) is 4.13. The van der Waals surface area contributed by atoms with E-state index in [9.17, 15) is 9.90 Å². The molecule has 0 bridgehead atoms. The monoisotopic (exact) mass is 184 g/mol. The number of aliphatic hydroxyl groups excluding tert-OH is 1. The molecule has 0 aromatic heterocycles. The Hall–Kier alpha value is -0.830. The first-order valence-corrected chi connectivity index (χ1v) is 4.38. The number of Topliss-reactive ketones (excluding diaryl/α,β-unsaturated/α-hetero) is 1. The highest BCUT2D eigenvalue weighted by molar-refractivity contribution is 6.00. The van der Waals surface area contributed by atoms with Crippen molar-refractivity contribution in [2.75, 3.05) is 7.11 Å². The summed E-state index contributed by atoms with van der Waals surface area (Å²) in [5.41, 5.74) is 0.0807. The van der Waals surface area contributed by atoms with Crippen molar-refractivity contribution in [2.45, 2.75) is 33.3 Å². The van der Waals surface area contributed by atoms with Crippen LogP contribution in [0, 0.1) is 5.41 Å². The van der Waals surface area contributed by atoms with E-state index in [1.54, 1.807) is 6.92 Å². The van der Waals surface area contributed by atoms with Crippen LogP contribution in [0.2, 0.25) is 0 Å². The van der Waals surface area contributed by atoms with Gasteiger partial charge < -0.3 is 9.84 Å². The summed E-state index contributed by atoms with van der Waals surface area (Å²) >= 11 is 0. The van der Waals surface area contributed by atoms with Gasteiger partial charge in [-0.3, -0.25) is 4.79 Å². The van der Waals surface area contributed by atoms with Crippen molar-refractivity contribution in [1.29, 1.82) is 0 Å². The predicted molar refractivity (Wildman–Crippen MR) is 49.1 cm³/mol. The first-order valence-electron chi connectivity index (χ1n) is 4.38. The molecule has 13 heavy (non-hydrogen) atoms. The number of ether oxygens (including phenoxy) is 1. The van der Waals surface area contributed by atoms with Crippen molar-refractivity contribution in [1.82, 2.24) is 0 Å². The minimum Gasteiger partial charge on any atom is -0.498 e. The summed E-state index contributed by atoms with van der Waals surface area (Å²) in [7, 11) is 1.48. The molecule has 3 heteroatoms. The Kier molecular flexibility index (Phi) is 2.48. The fraction of sp³-hybridized carbons (Fsp3) is 0.700. The first-order chi connectivity index (χ1) is 5.90. The van der Waals surface area contributed by atoms with E-state index in [0.29, 0.717) is 17.8 Å². The van der Waals surface area contributed by atoms with Gasteiger partial charge in [-0.05, 0) is 13.3 Å². The fourth-order valence-corrected chi connectivity index (χ4v) is 1.83. The summed E-state index contributed by atoms with van der Waals surface area (Å²) in [5.74, 6) is 0.485. The molecule has 1 aliphatic carbocycles. The molecule has 3 nitrogen and oxygen atoms in total. The van der Waals surface area contributed by atoms with E-state index in [-0.39, 0.29) is 5.78 Å². The topological polar surface area (TPSA) is 46.5 Å². The summed E-state index contributed by atoms with van der Waals surface area (Å²) < 4.78 is 4.99. The van der Waals surface area contributed by atoms with Crippen LogP contribution in [-0.2, 0) is 9.53 Å². The number of methoxy groups -OCH3 is 1. The SMILES string of the molecule is COC1=C(C)C(=O)C(C)(C)C[C@@H]1O. The van der Waals surface area contributed by atoms with E-state index >= 15 is 0 Å². The zero-order chi connectivity index (χ0) is 10.2. The van der Waals surface area contributed by atoms with Crippen molar-refractivity contribution < 1.29 is 14.6 Å². The molecule has 0 unspecified atom stereocenters. The van der Waals surface area contributed by atoms with Crippen molar-refractivity contribution in [3.05, 3.63) is 11.3 Å². The van der Waals surface area contributed by atoms with E-state index in [0.717, 1.165) is 0 Å². The second-order valence-electron chi connectivity index (χ2n) is 4.13. The van der Waals surface area contributed by atoms with Crippen LogP contribution in [0.25, 0.3) is 0 Å². The third-order valence-corrected chi connectivity index (χ3v) is 2.55. The molecule has 0 aromatic rings. The number of carbonyl (C=O) groups is 1. The predicted octanol–water partition coefficient (Wildman–Crippen LogP) is 1.27. The van der Waals surface area contributed by atoms with Crippen LogP contribution in [0.1, 0.15) is 27.2 Å². The normalized spacial score (nSPS) is 27.8. The Balaban J connectivity index is 3.11. The van der Waals surface area contributed by atoms with E-state index in [1.165, 1.54) is 7.11 Å². The van der Waals surface area contributed by atoms with Crippen molar-refractivity contribution in [3.63, 3.8) is 0 Å². The lowest BCUT2D eigenvalue weighted by Gasteiger charge is -2.32. The highest BCUT2D eigenvalue weighted by Gasteiger charge is 2.39. The maximum atomic E-state index is 11.7. The lowest BCUT2D eigenvalue weighted by Crippen LogP contribution is -2.37. The van der Waals surface area contributed by atoms with Gasteiger partial charge in [0.05, 0.1) is 7.11 Å². The number of aliphatic hydroxyl groups is 1. The van der Waals surface area contributed by atoms with Gasteiger partial charge in [-0.15, -0.1) is 0 Å². The molecule has 1 atom stereocenters. The number of ketones is 1. The van der Waals surface area contributed by atoms with Gasteiger partial charge in [-0.2, -0.15) is 0 Å². The van der Waals surface area contributed by atoms with Gasteiger partial charge >= 0.3 is 0 Å². The van der Waals surface area contributed by atoms with Gasteiger partial charge in [0.25, 0.3) is 0 Å². The highest BCUT2D eigenvalue weighted by Crippen LogP contribution is 2.35. The molecule has 74 valence electrons. The van der Waals surface area contributed by atoms with Gasteiger partial charge in [-0.1, -0.05) is 13.8 Å². The molecule has 0 spiro atoms. The third-order valence-electron chi connectivity index (χ3n) is 2.55. The van der Waals surface area contributed by atoms with Crippen LogP contribution >= 0.6 is 0 Å². The molecule has 0 amide bonds. The van der Waals surface area contributed by atoms with E-state index in [4.69, 9.17) is 4.74 Å². The number of allylic oxidation sites excluding steroid dienone is 1. The van der Waals surface area contributed by atoms with Crippen LogP contribution in [0.15, 0.2) is 11.3 Å². The van der Waals surface area contributed by atoms with E-state index < -0.39 is 11.5 Å². The molecule has 0 saturated heterocycles. The van der Waals surface area contributed by atoms with Gasteiger partial charge in [0, 0.05) is 11.0 Å². The summed E-state index contributed by atoms with van der Waals surface area (Å²) in [4.78, 5) is 11.7. The molecule has 0 heterocycles. The van der Waals surface area contributed by atoms with Crippen LogP contribution in [0.4, 0.5) is 0 Å². The number of hydrogen-bond acceptors (Lipinski definition) is 3. The van der Waals surface area contributed by atoms with Gasteiger partial charge in [-0.25, -0.2) is 0 Å². The molecule has 1 aliphatic rings.